The van der Waals surface area contributed by atoms with Crippen LogP contribution in [0.3, 0.4) is 0 Å². The van der Waals surface area contributed by atoms with Crippen molar-refractivity contribution in [3.05, 3.63) is 39.9 Å². The Bertz CT molecular complexity index is 711. The number of ether oxygens (including phenoxy) is 2. The zero-order chi connectivity index (χ0) is 21.4. The summed E-state index contributed by atoms with van der Waals surface area (Å²) in [5, 5.41) is 17.7. The maximum absolute atomic E-state index is 10.8. The highest BCUT2D eigenvalue weighted by atomic mass is 16.6. The van der Waals surface area contributed by atoms with E-state index < -0.39 is 4.92 Å². The van der Waals surface area contributed by atoms with E-state index in [1.54, 1.807) is 12.1 Å². The van der Waals surface area contributed by atoms with E-state index in [4.69, 9.17) is 14.5 Å². The van der Waals surface area contributed by atoms with Gasteiger partial charge in [0.25, 0.3) is 5.69 Å². The zero-order valence-electron chi connectivity index (χ0n) is 17.9. The van der Waals surface area contributed by atoms with Crippen LogP contribution in [0.25, 0.3) is 0 Å². The molecule has 2 aliphatic heterocycles. The predicted octanol–water partition coefficient (Wildman–Crippen LogP) is 1.92. The van der Waals surface area contributed by atoms with Crippen molar-refractivity contribution in [2.24, 2.45) is 4.99 Å². The number of hydrogen-bond donors (Lipinski definition) is 2. The van der Waals surface area contributed by atoms with Crippen molar-refractivity contribution in [3.63, 3.8) is 0 Å². The molecule has 2 fully saturated rings. The maximum Gasteiger partial charge on any atom is 0.269 e. The number of nitrogens with zero attached hydrogens (tertiary/aromatic N) is 3. The van der Waals surface area contributed by atoms with E-state index in [1.165, 1.54) is 12.1 Å². The Kier molecular flexibility index (Phi) is 8.01. The molecule has 30 heavy (non-hydrogen) atoms. The van der Waals surface area contributed by atoms with E-state index in [2.05, 4.69) is 29.4 Å². The van der Waals surface area contributed by atoms with Crippen molar-refractivity contribution < 1.29 is 14.4 Å². The van der Waals surface area contributed by atoms with Gasteiger partial charge >= 0.3 is 0 Å². The van der Waals surface area contributed by atoms with Crippen LogP contribution in [0.1, 0.15) is 32.3 Å². The van der Waals surface area contributed by atoms with Crippen LogP contribution in [-0.2, 0) is 16.0 Å². The average molecular weight is 420 g/mol. The molecule has 0 aliphatic carbocycles. The third kappa shape index (κ3) is 6.65. The van der Waals surface area contributed by atoms with Gasteiger partial charge in [0.05, 0.1) is 30.8 Å². The summed E-state index contributed by atoms with van der Waals surface area (Å²) < 4.78 is 11.2. The molecule has 1 atom stereocenters. The summed E-state index contributed by atoms with van der Waals surface area (Å²) >= 11 is 0. The summed E-state index contributed by atoms with van der Waals surface area (Å²) in [6, 6.07) is 6.52. The first-order chi connectivity index (χ1) is 14.4. The lowest BCUT2D eigenvalue weighted by atomic mass is 10.0. The number of nitro groups is 1. The Morgan fingerprint density at radius 3 is 2.60 bits per heavy atom. The molecule has 0 spiro atoms. The normalized spacial score (nSPS) is 20.9. The van der Waals surface area contributed by atoms with Crippen LogP contribution in [-0.4, -0.2) is 73.4 Å². The lowest BCUT2D eigenvalue weighted by molar-refractivity contribution is -0.384. The molecule has 0 saturated carbocycles. The van der Waals surface area contributed by atoms with Gasteiger partial charge in [-0.05, 0) is 32.3 Å². The highest BCUT2D eigenvalue weighted by molar-refractivity contribution is 5.79. The first kappa shape index (κ1) is 22.5. The lowest BCUT2D eigenvalue weighted by Crippen LogP contribution is -2.56. The molecule has 9 heteroatoms. The third-order valence-corrected chi connectivity index (χ3v) is 5.64. The molecule has 9 nitrogen and oxygen atoms in total. The quantitative estimate of drug-likeness (QED) is 0.287. The van der Waals surface area contributed by atoms with E-state index in [0.717, 1.165) is 63.8 Å². The Balaban J connectivity index is 1.60. The van der Waals surface area contributed by atoms with Gasteiger partial charge in [0.2, 0.25) is 0 Å². The van der Waals surface area contributed by atoms with Crippen LogP contribution in [0.4, 0.5) is 5.69 Å². The number of hydrogen-bond acceptors (Lipinski definition) is 6. The number of rotatable bonds is 8. The largest absolute Gasteiger partial charge is 0.379 e. The van der Waals surface area contributed by atoms with Gasteiger partial charge in [-0.3, -0.25) is 15.0 Å². The minimum atomic E-state index is -0.392. The van der Waals surface area contributed by atoms with Crippen molar-refractivity contribution in [2.75, 3.05) is 46.0 Å². The average Bonchev–Trinajstić information content (AvgIpc) is 3.28. The number of nitro benzene ring substituents is 1. The Morgan fingerprint density at radius 1 is 1.23 bits per heavy atom. The van der Waals surface area contributed by atoms with E-state index in [1.807, 2.05) is 0 Å². The van der Waals surface area contributed by atoms with Gasteiger partial charge in [-0.1, -0.05) is 12.1 Å². The molecule has 0 aromatic heterocycles. The van der Waals surface area contributed by atoms with E-state index in [0.29, 0.717) is 13.1 Å². The maximum atomic E-state index is 10.8. The fourth-order valence-electron chi connectivity index (χ4n) is 3.66. The zero-order valence-corrected chi connectivity index (χ0v) is 17.9. The number of guanidine groups is 1. The number of benzene rings is 1. The summed E-state index contributed by atoms with van der Waals surface area (Å²) in [6.07, 6.45) is 2.37. The van der Waals surface area contributed by atoms with Gasteiger partial charge in [-0.15, -0.1) is 0 Å². The Morgan fingerprint density at radius 2 is 1.97 bits per heavy atom. The van der Waals surface area contributed by atoms with Crippen LogP contribution in [0.2, 0.25) is 0 Å². The molecule has 2 N–H and O–H groups in total. The second-order valence-corrected chi connectivity index (χ2v) is 8.37. The topological polar surface area (TPSA) is 101 Å². The van der Waals surface area contributed by atoms with Crippen molar-refractivity contribution in [1.82, 2.24) is 15.5 Å². The molecule has 1 aromatic carbocycles. The first-order valence-electron chi connectivity index (χ1n) is 10.6. The summed E-state index contributed by atoms with van der Waals surface area (Å²) in [5.41, 5.74) is 0.972. The molecule has 0 bridgehead atoms. The molecule has 0 amide bonds. The Labute approximate surface area is 178 Å². The van der Waals surface area contributed by atoms with Gasteiger partial charge < -0.3 is 20.1 Å². The lowest BCUT2D eigenvalue weighted by Gasteiger charge is -2.41. The van der Waals surface area contributed by atoms with Crippen LogP contribution in [0, 0.1) is 10.1 Å². The van der Waals surface area contributed by atoms with Gasteiger partial charge in [-0.25, -0.2) is 4.99 Å². The molecule has 1 aromatic rings. The second kappa shape index (κ2) is 10.7. The van der Waals surface area contributed by atoms with Crippen molar-refractivity contribution in [2.45, 2.75) is 44.9 Å². The fourth-order valence-corrected chi connectivity index (χ4v) is 3.66. The van der Waals surface area contributed by atoms with Crippen molar-refractivity contribution in [1.29, 1.82) is 0 Å². The monoisotopic (exact) mass is 419 g/mol. The SMILES string of the molecule is CC(C)(CNC(=NCc1ccc([N+](=O)[O-])cc1)NCC1CCCO1)N1CCOCC1. The molecule has 2 aliphatic rings. The van der Waals surface area contributed by atoms with E-state index >= 15 is 0 Å². The van der Waals surface area contributed by atoms with Crippen LogP contribution >= 0.6 is 0 Å². The predicted molar refractivity (Wildman–Crippen MR) is 116 cm³/mol. The summed E-state index contributed by atoms with van der Waals surface area (Å²) in [6.45, 7) is 10.5. The number of non-ortho nitro benzene ring substituents is 1. The van der Waals surface area contributed by atoms with Gasteiger partial charge in [0, 0.05) is 50.5 Å². The third-order valence-electron chi connectivity index (χ3n) is 5.64. The molecule has 3 rings (SSSR count). The van der Waals surface area contributed by atoms with Gasteiger partial charge in [0.1, 0.15) is 0 Å². The Hall–Kier alpha value is -2.23. The number of aliphatic imine (C=N–C) groups is 1. The fraction of sp³-hybridized carbons (Fsp3) is 0.667. The molecule has 0 radical (unpaired) electrons. The molecule has 2 saturated heterocycles. The van der Waals surface area contributed by atoms with E-state index in [9.17, 15) is 10.1 Å². The second-order valence-electron chi connectivity index (χ2n) is 8.37. The smallest absolute Gasteiger partial charge is 0.269 e. The van der Waals surface area contributed by atoms with Gasteiger partial charge in [0.15, 0.2) is 5.96 Å². The minimum absolute atomic E-state index is 0.0382. The number of morpholine rings is 1. The van der Waals surface area contributed by atoms with Crippen LogP contribution < -0.4 is 10.6 Å². The first-order valence-corrected chi connectivity index (χ1v) is 10.6. The molecule has 1 unspecified atom stereocenters. The van der Waals surface area contributed by atoms with Gasteiger partial charge in [-0.2, -0.15) is 0 Å². The minimum Gasteiger partial charge on any atom is -0.379 e. The summed E-state index contributed by atoms with van der Waals surface area (Å²) in [7, 11) is 0. The van der Waals surface area contributed by atoms with E-state index in [-0.39, 0.29) is 17.3 Å². The van der Waals surface area contributed by atoms with Crippen LogP contribution in [0.5, 0.6) is 0 Å². The van der Waals surface area contributed by atoms with Crippen LogP contribution in [0.15, 0.2) is 29.3 Å². The summed E-state index contributed by atoms with van der Waals surface area (Å²) in [5.74, 6) is 0.727. The molecular formula is C21H33N5O4. The van der Waals surface area contributed by atoms with Crippen molar-refractivity contribution in [3.8, 4) is 0 Å². The standard InChI is InChI=1S/C21H33N5O4/c1-21(2,25-9-12-29-13-10-25)16-24-20(23-15-19-4-3-11-30-19)22-14-17-5-7-18(8-6-17)26(27)28/h5-8,19H,3-4,9-16H2,1-2H3,(H2,22,23,24). The molecular weight excluding hydrogens is 386 g/mol. The summed E-state index contributed by atoms with van der Waals surface area (Å²) in [4.78, 5) is 17.6. The number of nitrogens with one attached hydrogen (secondary N) is 2. The molecule has 166 valence electrons. The molecule has 2 heterocycles. The highest BCUT2D eigenvalue weighted by Gasteiger charge is 2.28. The van der Waals surface area contributed by atoms with Crippen molar-refractivity contribution >= 4 is 11.6 Å². The highest BCUT2D eigenvalue weighted by Crippen LogP contribution is 2.16.